The summed E-state index contributed by atoms with van der Waals surface area (Å²) in [5.41, 5.74) is 4.87. The second-order valence-corrected chi connectivity index (χ2v) is 2.38. The first-order valence-electron chi connectivity index (χ1n) is 3.51. The highest BCUT2D eigenvalue weighted by Gasteiger charge is 2.08. The van der Waals surface area contributed by atoms with Gasteiger partial charge < -0.3 is 10.8 Å². The molecular formula is C7H8ClFN4O2. The molecule has 0 unspecified atom stereocenters. The number of aromatic nitrogens is 1. The van der Waals surface area contributed by atoms with Crippen LogP contribution in [0.1, 0.15) is 5.56 Å². The Balaban J connectivity index is 0.00000196. The highest BCUT2D eigenvalue weighted by molar-refractivity contribution is 5.95. The van der Waals surface area contributed by atoms with Gasteiger partial charge in [-0.25, -0.2) is 9.78 Å². The van der Waals surface area contributed by atoms with E-state index in [4.69, 9.17) is 16.2 Å². The zero-order chi connectivity index (χ0) is 10.7. The normalized spacial score (nSPS) is 8.87. The number of nitrogens with zero attached hydrogens (tertiary/aromatic N) is 1. The zero-order valence-electron chi connectivity index (χ0n) is 7.32. The first-order valence-corrected chi connectivity index (χ1v) is 3.51. The van der Waals surface area contributed by atoms with Crippen molar-refractivity contribution in [3.8, 4) is 0 Å². The minimum absolute atomic E-state index is 0. The molecule has 1 aromatic rings. The molecule has 5 N–H and O–H groups in total. The number of pyridine rings is 1. The molecule has 0 spiro atoms. The molecule has 0 atom stereocenters. The maximum Gasteiger partial charge on any atom is 0.410 e. The van der Waals surface area contributed by atoms with Gasteiger partial charge in [-0.15, -0.1) is 12.4 Å². The van der Waals surface area contributed by atoms with E-state index in [2.05, 4.69) is 4.98 Å². The minimum Gasteiger partial charge on any atom is -0.465 e. The van der Waals surface area contributed by atoms with Crippen molar-refractivity contribution in [3.63, 3.8) is 0 Å². The SMILES string of the molecule is Cl.N=C(N)c1ccc(NC(=O)O)nc1F. The molecule has 1 amide bonds. The Labute approximate surface area is 90.2 Å². The van der Waals surface area contributed by atoms with E-state index in [1.54, 1.807) is 0 Å². The second kappa shape index (κ2) is 5.11. The highest BCUT2D eigenvalue weighted by atomic mass is 35.5. The molecule has 1 rings (SSSR count). The Bertz CT molecular complexity index is 399. The molecule has 0 radical (unpaired) electrons. The maximum atomic E-state index is 13.0. The summed E-state index contributed by atoms with van der Waals surface area (Å²) in [6.45, 7) is 0. The summed E-state index contributed by atoms with van der Waals surface area (Å²) in [5.74, 6) is -1.60. The van der Waals surface area contributed by atoms with Gasteiger partial charge in [0.25, 0.3) is 0 Å². The van der Waals surface area contributed by atoms with Crippen molar-refractivity contribution in [2.24, 2.45) is 5.73 Å². The number of hydrogen-bond donors (Lipinski definition) is 4. The Morgan fingerprint density at radius 3 is 2.60 bits per heavy atom. The molecule has 0 saturated carbocycles. The van der Waals surface area contributed by atoms with Gasteiger partial charge >= 0.3 is 6.09 Å². The van der Waals surface area contributed by atoms with E-state index >= 15 is 0 Å². The van der Waals surface area contributed by atoms with E-state index in [0.29, 0.717) is 0 Å². The summed E-state index contributed by atoms with van der Waals surface area (Å²) in [4.78, 5) is 13.4. The molecular weight excluding hydrogens is 227 g/mol. The molecule has 1 heterocycles. The van der Waals surface area contributed by atoms with Gasteiger partial charge in [0.05, 0.1) is 5.56 Å². The lowest BCUT2D eigenvalue weighted by Crippen LogP contribution is -2.16. The summed E-state index contributed by atoms with van der Waals surface area (Å²) in [6, 6.07) is 2.39. The number of anilines is 1. The molecule has 0 aliphatic carbocycles. The fraction of sp³-hybridized carbons (Fsp3) is 0. The lowest BCUT2D eigenvalue weighted by atomic mass is 10.2. The molecule has 6 nitrogen and oxygen atoms in total. The Morgan fingerprint density at radius 2 is 2.20 bits per heavy atom. The van der Waals surface area contributed by atoms with Gasteiger partial charge in [-0.05, 0) is 12.1 Å². The van der Waals surface area contributed by atoms with Crippen molar-refractivity contribution >= 4 is 30.2 Å². The zero-order valence-corrected chi connectivity index (χ0v) is 8.14. The summed E-state index contributed by atoms with van der Waals surface area (Å²) in [7, 11) is 0. The van der Waals surface area contributed by atoms with Crippen molar-refractivity contribution < 1.29 is 14.3 Å². The van der Waals surface area contributed by atoms with Crippen LogP contribution in [-0.2, 0) is 0 Å². The van der Waals surface area contributed by atoms with E-state index in [0.717, 1.165) is 0 Å². The van der Waals surface area contributed by atoms with Crippen LogP contribution in [0.25, 0.3) is 0 Å². The fourth-order valence-corrected chi connectivity index (χ4v) is 0.814. The third-order valence-electron chi connectivity index (χ3n) is 1.37. The van der Waals surface area contributed by atoms with Crippen molar-refractivity contribution in [3.05, 3.63) is 23.6 Å². The van der Waals surface area contributed by atoms with Crippen LogP contribution in [0.15, 0.2) is 12.1 Å². The fourth-order valence-electron chi connectivity index (χ4n) is 0.814. The summed E-state index contributed by atoms with van der Waals surface area (Å²) < 4.78 is 13.0. The quantitative estimate of drug-likeness (QED) is 0.348. The average molecular weight is 235 g/mol. The van der Waals surface area contributed by atoms with E-state index in [9.17, 15) is 9.18 Å². The van der Waals surface area contributed by atoms with E-state index in [1.807, 2.05) is 5.32 Å². The smallest absolute Gasteiger partial charge is 0.410 e. The molecule has 8 heteroatoms. The van der Waals surface area contributed by atoms with E-state index < -0.39 is 17.9 Å². The second-order valence-electron chi connectivity index (χ2n) is 2.38. The van der Waals surface area contributed by atoms with Gasteiger partial charge in [0, 0.05) is 0 Å². The number of amidine groups is 1. The molecule has 82 valence electrons. The molecule has 0 fully saturated rings. The first kappa shape index (κ1) is 13.1. The van der Waals surface area contributed by atoms with Crippen LogP contribution in [0.5, 0.6) is 0 Å². The molecule has 1 aromatic heterocycles. The van der Waals surface area contributed by atoms with E-state index in [-0.39, 0.29) is 23.8 Å². The summed E-state index contributed by atoms with van der Waals surface area (Å²) in [5, 5.41) is 17.1. The standard InChI is InChI=1S/C7H7FN4O2.ClH/c8-5-3(6(9)10)1-2-4(11-5)12-7(13)14;/h1-2H,(H3,9,10)(H,11,12)(H,13,14);1H. The highest BCUT2D eigenvalue weighted by Crippen LogP contribution is 2.08. The van der Waals surface area contributed by atoms with Gasteiger partial charge in [-0.2, -0.15) is 4.39 Å². The summed E-state index contributed by atoms with van der Waals surface area (Å²) in [6.07, 6.45) is -1.34. The third kappa shape index (κ3) is 3.39. The molecule has 15 heavy (non-hydrogen) atoms. The van der Waals surface area contributed by atoms with Crippen molar-refractivity contribution in [2.75, 3.05) is 5.32 Å². The predicted octanol–water partition coefficient (Wildman–Crippen LogP) is 1.02. The van der Waals surface area contributed by atoms with Crippen molar-refractivity contribution in [1.82, 2.24) is 4.98 Å². The van der Waals surface area contributed by atoms with Gasteiger partial charge in [-0.1, -0.05) is 0 Å². The van der Waals surface area contributed by atoms with E-state index in [1.165, 1.54) is 12.1 Å². The number of carbonyl (C=O) groups is 1. The van der Waals surface area contributed by atoms with Gasteiger partial charge in [-0.3, -0.25) is 10.7 Å². The summed E-state index contributed by atoms with van der Waals surface area (Å²) >= 11 is 0. The molecule has 0 aliphatic heterocycles. The van der Waals surface area contributed by atoms with Crippen LogP contribution >= 0.6 is 12.4 Å². The van der Waals surface area contributed by atoms with Gasteiger partial charge in [0.2, 0.25) is 5.95 Å². The van der Waals surface area contributed by atoms with Crippen LogP contribution < -0.4 is 11.1 Å². The molecule has 0 aliphatic rings. The molecule has 0 saturated heterocycles. The Kier molecular flexibility index (Phi) is 4.46. The average Bonchev–Trinajstić information content (AvgIpc) is 2.01. The number of amides is 1. The van der Waals surface area contributed by atoms with Crippen LogP contribution in [0.4, 0.5) is 15.0 Å². The largest absolute Gasteiger partial charge is 0.465 e. The topological polar surface area (TPSA) is 112 Å². The Hall–Kier alpha value is -1.89. The lowest BCUT2D eigenvalue weighted by molar-refractivity contribution is 0.209. The number of rotatable bonds is 2. The van der Waals surface area contributed by atoms with Gasteiger partial charge in [0.1, 0.15) is 11.7 Å². The number of hydrogen-bond acceptors (Lipinski definition) is 3. The Morgan fingerprint density at radius 1 is 1.60 bits per heavy atom. The maximum absolute atomic E-state index is 13.0. The monoisotopic (exact) mass is 234 g/mol. The lowest BCUT2D eigenvalue weighted by Gasteiger charge is -2.02. The van der Waals surface area contributed by atoms with Crippen molar-refractivity contribution in [1.29, 1.82) is 5.41 Å². The van der Waals surface area contributed by atoms with Crippen LogP contribution in [0.3, 0.4) is 0 Å². The number of nitrogens with two attached hydrogens (primary N) is 1. The van der Waals surface area contributed by atoms with Gasteiger partial charge in [0.15, 0.2) is 0 Å². The van der Waals surface area contributed by atoms with Crippen LogP contribution in [0, 0.1) is 11.4 Å². The number of nitrogen functional groups attached to an aromatic ring is 1. The van der Waals surface area contributed by atoms with Crippen molar-refractivity contribution in [2.45, 2.75) is 0 Å². The number of halogens is 2. The molecule has 0 bridgehead atoms. The number of nitrogens with one attached hydrogen (secondary N) is 2. The first-order chi connectivity index (χ1) is 6.50. The third-order valence-corrected chi connectivity index (χ3v) is 1.37. The van der Waals surface area contributed by atoms with Crippen LogP contribution in [-0.4, -0.2) is 22.0 Å². The minimum atomic E-state index is -1.34. The number of carboxylic acid groups (broad SMARTS) is 1. The molecule has 0 aromatic carbocycles. The van der Waals surface area contributed by atoms with Crippen LogP contribution in [0.2, 0.25) is 0 Å². The predicted molar refractivity (Wildman–Crippen MR) is 54.1 cm³/mol.